The Morgan fingerprint density at radius 1 is 1.26 bits per heavy atom. The first-order chi connectivity index (χ1) is 11.2. The van der Waals surface area contributed by atoms with Crippen molar-refractivity contribution in [2.45, 2.75) is 32.6 Å². The van der Waals surface area contributed by atoms with E-state index in [9.17, 15) is 4.79 Å². The van der Waals surface area contributed by atoms with Gasteiger partial charge in [-0.2, -0.15) is 0 Å². The van der Waals surface area contributed by atoms with Crippen LogP contribution in [-0.4, -0.2) is 39.1 Å². The van der Waals surface area contributed by atoms with E-state index in [4.69, 9.17) is 0 Å². The molecule has 3 rings (SSSR count). The lowest BCUT2D eigenvalue weighted by Gasteiger charge is -2.30. The summed E-state index contributed by atoms with van der Waals surface area (Å²) in [4.78, 5) is 17.2. The molecule has 23 heavy (non-hydrogen) atoms. The number of hydrogen-bond donors (Lipinski definition) is 1. The quantitative estimate of drug-likeness (QED) is 0.931. The molecule has 1 amide bonds. The summed E-state index contributed by atoms with van der Waals surface area (Å²) in [5.41, 5.74) is 2.25. The lowest BCUT2D eigenvalue weighted by Crippen LogP contribution is -2.37. The van der Waals surface area contributed by atoms with Crippen molar-refractivity contribution in [2.24, 2.45) is 11.8 Å². The molecule has 0 spiro atoms. The van der Waals surface area contributed by atoms with E-state index in [1.54, 1.807) is 0 Å². The highest BCUT2D eigenvalue weighted by molar-refractivity contribution is 5.97. The molecule has 2 unspecified atom stereocenters. The smallest absolute Gasteiger partial charge is 0.227 e. The minimum absolute atomic E-state index is 0.283. The van der Waals surface area contributed by atoms with Crippen molar-refractivity contribution in [1.29, 1.82) is 0 Å². The molecular formula is C19H29N3O. The maximum atomic E-state index is 13.0. The number of rotatable bonds is 3. The molecule has 2 aliphatic heterocycles. The van der Waals surface area contributed by atoms with Gasteiger partial charge in [0, 0.05) is 26.6 Å². The predicted molar refractivity (Wildman–Crippen MR) is 96.1 cm³/mol. The number of hydrogen-bond acceptors (Lipinski definition) is 3. The van der Waals surface area contributed by atoms with Gasteiger partial charge in [0.2, 0.25) is 5.91 Å². The summed E-state index contributed by atoms with van der Waals surface area (Å²) in [7, 11) is 2.11. The maximum Gasteiger partial charge on any atom is 0.227 e. The third-order valence-corrected chi connectivity index (χ3v) is 5.40. The summed E-state index contributed by atoms with van der Waals surface area (Å²) < 4.78 is 0. The van der Waals surface area contributed by atoms with Gasteiger partial charge >= 0.3 is 0 Å². The summed E-state index contributed by atoms with van der Waals surface area (Å²) >= 11 is 0. The molecule has 0 aliphatic carbocycles. The van der Waals surface area contributed by atoms with E-state index in [0.717, 1.165) is 38.3 Å². The van der Waals surface area contributed by atoms with Crippen LogP contribution >= 0.6 is 0 Å². The van der Waals surface area contributed by atoms with E-state index < -0.39 is 0 Å². The Hall–Kier alpha value is -1.55. The van der Waals surface area contributed by atoms with Crippen molar-refractivity contribution in [1.82, 2.24) is 5.32 Å². The molecule has 0 aromatic heterocycles. The first-order valence-electron chi connectivity index (χ1n) is 8.98. The number of amides is 1. The first kappa shape index (κ1) is 16.3. The Morgan fingerprint density at radius 2 is 2.04 bits per heavy atom. The molecule has 1 N–H and O–H groups in total. The van der Waals surface area contributed by atoms with Crippen LogP contribution in [0.5, 0.6) is 0 Å². The van der Waals surface area contributed by atoms with Gasteiger partial charge in [0.15, 0.2) is 0 Å². The van der Waals surface area contributed by atoms with Crippen molar-refractivity contribution < 1.29 is 4.79 Å². The molecule has 4 heteroatoms. The molecule has 126 valence electrons. The van der Waals surface area contributed by atoms with Gasteiger partial charge in [0.1, 0.15) is 0 Å². The van der Waals surface area contributed by atoms with Crippen molar-refractivity contribution in [3.05, 3.63) is 24.3 Å². The lowest BCUT2D eigenvalue weighted by atomic mass is 9.85. The lowest BCUT2D eigenvalue weighted by molar-refractivity contribution is -0.119. The van der Waals surface area contributed by atoms with Crippen molar-refractivity contribution in [3.8, 4) is 0 Å². The molecular weight excluding hydrogens is 286 g/mol. The molecule has 2 aliphatic rings. The van der Waals surface area contributed by atoms with E-state index in [2.05, 4.69) is 42.4 Å². The van der Waals surface area contributed by atoms with E-state index in [0.29, 0.717) is 18.3 Å². The molecule has 1 aromatic carbocycles. The summed E-state index contributed by atoms with van der Waals surface area (Å²) in [6, 6.07) is 8.30. The largest absolute Gasteiger partial charge is 0.373 e. The van der Waals surface area contributed by atoms with Gasteiger partial charge in [0.05, 0.1) is 11.4 Å². The van der Waals surface area contributed by atoms with Crippen LogP contribution in [0.1, 0.15) is 32.6 Å². The number of nitrogens with zero attached hydrogens (tertiary/aromatic N) is 2. The monoisotopic (exact) mass is 315 g/mol. The second kappa shape index (κ2) is 7.35. The molecule has 2 atom stereocenters. The second-order valence-electron chi connectivity index (χ2n) is 7.10. The minimum Gasteiger partial charge on any atom is -0.373 e. The Morgan fingerprint density at radius 3 is 2.78 bits per heavy atom. The zero-order chi connectivity index (χ0) is 16.2. The van der Waals surface area contributed by atoms with Gasteiger partial charge in [-0.3, -0.25) is 4.79 Å². The zero-order valence-corrected chi connectivity index (χ0v) is 14.4. The van der Waals surface area contributed by atoms with Crippen LogP contribution < -0.4 is 15.1 Å². The highest BCUT2D eigenvalue weighted by atomic mass is 16.2. The number of piperidine rings is 1. The van der Waals surface area contributed by atoms with Crippen LogP contribution in [0, 0.1) is 11.8 Å². The fraction of sp³-hybridized carbons (Fsp3) is 0.632. The summed E-state index contributed by atoms with van der Waals surface area (Å²) in [5.74, 6) is 1.37. The van der Waals surface area contributed by atoms with Gasteiger partial charge in [-0.25, -0.2) is 0 Å². The Labute approximate surface area is 139 Å². The molecule has 1 fully saturated rings. The van der Waals surface area contributed by atoms with Gasteiger partial charge in [-0.1, -0.05) is 19.1 Å². The standard InChI is InChI=1S/C19H29N3O/c1-15(16-7-5-10-20-14-16)13-19(23)22-12-6-11-21(2)17-8-3-4-9-18(17)22/h3-4,8-9,15-16,20H,5-7,10-14H2,1-2H3. The third-order valence-electron chi connectivity index (χ3n) is 5.40. The van der Waals surface area contributed by atoms with Gasteiger partial charge < -0.3 is 15.1 Å². The van der Waals surface area contributed by atoms with Crippen molar-refractivity contribution in [3.63, 3.8) is 0 Å². The molecule has 1 aromatic rings. The van der Waals surface area contributed by atoms with Crippen molar-refractivity contribution in [2.75, 3.05) is 43.0 Å². The Bertz CT molecular complexity index is 539. The normalized spacial score (nSPS) is 23.1. The zero-order valence-electron chi connectivity index (χ0n) is 14.4. The molecule has 2 heterocycles. The molecule has 1 saturated heterocycles. The first-order valence-corrected chi connectivity index (χ1v) is 8.98. The summed E-state index contributed by atoms with van der Waals surface area (Å²) in [5, 5.41) is 3.47. The van der Waals surface area contributed by atoms with E-state index in [1.165, 1.54) is 18.5 Å². The fourth-order valence-electron chi connectivity index (χ4n) is 3.90. The fourth-order valence-corrected chi connectivity index (χ4v) is 3.90. The van der Waals surface area contributed by atoms with E-state index in [1.807, 2.05) is 11.0 Å². The van der Waals surface area contributed by atoms with Crippen LogP contribution in [0.4, 0.5) is 11.4 Å². The van der Waals surface area contributed by atoms with E-state index >= 15 is 0 Å². The summed E-state index contributed by atoms with van der Waals surface area (Å²) in [6.07, 6.45) is 4.17. The molecule has 4 nitrogen and oxygen atoms in total. The van der Waals surface area contributed by atoms with Crippen LogP contribution in [0.25, 0.3) is 0 Å². The second-order valence-corrected chi connectivity index (χ2v) is 7.10. The average molecular weight is 315 g/mol. The van der Waals surface area contributed by atoms with Gasteiger partial charge in [0.25, 0.3) is 0 Å². The molecule has 0 bridgehead atoms. The highest BCUT2D eigenvalue weighted by Gasteiger charge is 2.27. The average Bonchev–Trinajstić information content (AvgIpc) is 2.75. The third kappa shape index (κ3) is 3.69. The topological polar surface area (TPSA) is 35.6 Å². The number of fused-ring (bicyclic) bond motifs is 1. The van der Waals surface area contributed by atoms with Crippen LogP contribution in [0.15, 0.2) is 24.3 Å². The highest BCUT2D eigenvalue weighted by Crippen LogP contribution is 2.32. The van der Waals surface area contributed by atoms with Crippen molar-refractivity contribution >= 4 is 17.3 Å². The van der Waals surface area contributed by atoms with Crippen LogP contribution in [0.2, 0.25) is 0 Å². The number of nitrogens with one attached hydrogen (secondary N) is 1. The molecule has 0 radical (unpaired) electrons. The number of para-hydroxylation sites is 2. The predicted octanol–water partition coefficient (Wildman–Crippen LogP) is 2.89. The number of carbonyl (C=O) groups excluding carboxylic acids is 1. The summed E-state index contributed by atoms with van der Waals surface area (Å²) in [6.45, 7) is 6.26. The minimum atomic E-state index is 0.283. The Kier molecular flexibility index (Phi) is 5.21. The Balaban J connectivity index is 1.72. The van der Waals surface area contributed by atoms with Crippen LogP contribution in [0.3, 0.4) is 0 Å². The van der Waals surface area contributed by atoms with Gasteiger partial charge in [-0.15, -0.1) is 0 Å². The SMILES string of the molecule is CC(CC(=O)N1CCCN(C)c2ccccc21)C1CCCNC1. The van der Waals surface area contributed by atoms with Crippen LogP contribution in [-0.2, 0) is 4.79 Å². The molecule has 0 saturated carbocycles. The van der Waals surface area contributed by atoms with Gasteiger partial charge in [-0.05, 0) is 56.3 Å². The van der Waals surface area contributed by atoms with E-state index in [-0.39, 0.29) is 5.91 Å². The number of carbonyl (C=O) groups is 1. The number of benzene rings is 1. The maximum absolute atomic E-state index is 13.0. The number of anilines is 2.